The van der Waals surface area contributed by atoms with Crippen molar-refractivity contribution in [3.05, 3.63) is 81.6 Å². The fourth-order valence-corrected chi connectivity index (χ4v) is 12.9. The van der Waals surface area contributed by atoms with Gasteiger partial charge in [-0.05, 0) is 121 Å². The van der Waals surface area contributed by atoms with Crippen molar-refractivity contribution in [2.24, 2.45) is 0 Å². The largest absolute Gasteiger partial charge is 0.444 e. The van der Waals surface area contributed by atoms with E-state index in [1.54, 1.807) is 49.9 Å². The fourth-order valence-electron chi connectivity index (χ4n) is 8.16. The van der Waals surface area contributed by atoms with Crippen LogP contribution in [0.1, 0.15) is 114 Å². The molecule has 6 aromatic rings. The van der Waals surface area contributed by atoms with Crippen LogP contribution in [0.5, 0.6) is 0 Å². The standard InChI is InChI=1S/C32H42N4O5S2.C22H26N4OS2/c1-10-20-11-12-23-22(17-20)33-27(42-23)26-21-13-15-35(29(38)40-31(4,5)6)18-24(21)43-28(26)34-25(37)14-16-36(19(2)3)30(39)41-32(7,8)9;1-4-14-5-6-17-16(11-14)25-21(28-17)20-15-7-9-23-12-18(15)29-22(20)26-19(27)8-10-24-13(2)3/h10-12,17,19H,1,13-16,18H2,2-9H3,(H,34,37);4-6,11,13,23-24H,1,7-10,12H2,2-3H3,(H,26,27). The summed E-state index contributed by atoms with van der Waals surface area (Å²) in [7, 11) is 0. The summed E-state index contributed by atoms with van der Waals surface area (Å²) in [6.45, 7) is 30.3. The van der Waals surface area contributed by atoms with Crippen molar-refractivity contribution in [1.82, 2.24) is 30.4 Å². The molecule has 14 nitrogen and oxygen atoms in total. The molecule has 4 amide bonds. The molecule has 8 rings (SSSR count). The summed E-state index contributed by atoms with van der Waals surface area (Å²) in [5, 5.41) is 16.4. The average Bonchev–Trinajstić information content (AvgIpc) is 4.09. The zero-order valence-electron chi connectivity index (χ0n) is 43.1. The molecule has 2 aromatic carbocycles. The van der Waals surface area contributed by atoms with E-state index in [-0.39, 0.29) is 36.9 Å². The van der Waals surface area contributed by atoms with Crippen LogP contribution < -0.4 is 21.3 Å². The molecule has 0 aliphatic carbocycles. The summed E-state index contributed by atoms with van der Waals surface area (Å²) in [5.74, 6) is -0.172. The molecule has 2 aliphatic heterocycles. The first kappa shape index (κ1) is 54.3. The fraction of sp³-hybridized carbons (Fsp3) is 0.444. The summed E-state index contributed by atoms with van der Waals surface area (Å²) in [5.41, 5.74) is 7.09. The molecule has 0 radical (unpaired) electrons. The van der Waals surface area contributed by atoms with Crippen LogP contribution >= 0.6 is 45.3 Å². The Bertz CT molecular complexity index is 2970. The van der Waals surface area contributed by atoms with Gasteiger partial charge in [0, 0.05) is 72.0 Å². The SMILES string of the molecule is C=Cc1ccc2sc(-c3c(NC(=O)CCN(C(=O)OC(C)(C)C)C(C)C)sc4c3CCN(C(=O)OC(C)(C)C)C4)nc2c1.C=Cc1ccc2sc(-c3c(NC(=O)CCNC(C)C)sc4c3CCNC4)nc2c1. The number of aromatic nitrogens is 2. The van der Waals surface area contributed by atoms with E-state index in [0.717, 1.165) is 87.7 Å². The minimum absolute atomic E-state index is 0.0426. The number of thiazole rings is 2. The van der Waals surface area contributed by atoms with E-state index in [4.69, 9.17) is 19.4 Å². The summed E-state index contributed by atoms with van der Waals surface area (Å²) < 4.78 is 13.4. The zero-order valence-corrected chi connectivity index (χ0v) is 46.4. The van der Waals surface area contributed by atoms with Crippen molar-refractivity contribution < 1.29 is 28.7 Å². The Morgan fingerprint density at radius 2 is 1.31 bits per heavy atom. The molecule has 72 heavy (non-hydrogen) atoms. The summed E-state index contributed by atoms with van der Waals surface area (Å²) in [6, 6.07) is 12.5. The number of hydrogen-bond acceptors (Lipinski definition) is 14. The van der Waals surface area contributed by atoms with Crippen LogP contribution in [0.4, 0.5) is 19.6 Å². The van der Waals surface area contributed by atoms with E-state index in [2.05, 4.69) is 66.5 Å². The van der Waals surface area contributed by atoms with E-state index in [0.29, 0.717) is 43.5 Å². The molecule has 18 heteroatoms. The van der Waals surface area contributed by atoms with Gasteiger partial charge in [0.25, 0.3) is 0 Å². The number of amides is 4. The number of thiophene rings is 2. The van der Waals surface area contributed by atoms with Crippen LogP contribution in [-0.2, 0) is 45.0 Å². The molecule has 6 heterocycles. The highest BCUT2D eigenvalue weighted by atomic mass is 32.1. The van der Waals surface area contributed by atoms with Crippen LogP contribution in [-0.4, -0.2) is 93.2 Å². The summed E-state index contributed by atoms with van der Waals surface area (Å²) in [4.78, 5) is 66.9. The number of rotatable bonds is 14. The lowest BCUT2D eigenvalue weighted by molar-refractivity contribution is -0.117. The minimum atomic E-state index is -0.631. The van der Waals surface area contributed by atoms with Gasteiger partial charge in [0.2, 0.25) is 11.8 Å². The van der Waals surface area contributed by atoms with Crippen molar-refractivity contribution >= 4 is 112 Å². The second-order valence-corrected chi connectivity index (χ2v) is 24.6. The predicted octanol–water partition coefficient (Wildman–Crippen LogP) is 12.6. The molecule has 4 N–H and O–H groups in total. The number of anilines is 2. The van der Waals surface area contributed by atoms with Gasteiger partial charge in [0.05, 0.1) is 27.0 Å². The molecule has 4 aromatic heterocycles. The van der Waals surface area contributed by atoms with E-state index >= 15 is 0 Å². The molecule has 0 saturated heterocycles. The highest BCUT2D eigenvalue weighted by Crippen LogP contribution is 2.47. The van der Waals surface area contributed by atoms with Crippen molar-refractivity contribution in [2.45, 2.75) is 131 Å². The van der Waals surface area contributed by atoms with Gasteiger partial charge >= 0.3 is 12.2 Å². The minimum Gasteiger partial charge on any atom is -0.444 e. The third-order valence-electron chi connectivity index (χ3n) is 11.6. The lowest BCUT2D eigenvalue weighted by atomic mass is 10.0. The molecule has 384 valence electrons. The Morgan fingerprint density at radius 1 is 0.764 bits per heavy atom. The second kappa shape index (κ2) is 23.1. The monoisotopic (exact) mass is 1050 g/mol. The van der Waals surface area contributed by atoms with Gasteiger partial charge in [-0.3, -0.25) is 9.59 Å². The predicted molar refractivity (Wildman–Crippen MR) is 300 cm³/mol. The van der Waals surface area contributed by atoms with Gasteiger partial charge in [-0.25, -0.2) is 19.6 Å². The van der Waals surface area contributed by atoms with Crippen LogP contribution in [0.25, 0.3) is 53.7 Å². The van der Waals surface area contributed by atoms with Crippen LogP contribution in [0, 0.1) is 0 Å². The quantitative estimate of drug-likeness (QED) is 0.0824. The summed E-state index contributed by atoms with van der Waals surface area (Å²) in [6.07, 6.45) is 4.97. The maximum absolute atomic E-state index is 13.3. The Morgan fingerprint density at radius 3 is 1.83 bits per heavy atom. The number of nitrogens with zero attached hydrogens (tertiary/aromatic N) is 4. The highest BCUT2D eigenvalue weighted by molar-refractivity contribution is 7.23. The highest BCUT2D eigenvalue weighted by Gasteiger charge is 2.33. The van der Waals surface area contributed by atoms with Crippen molar-refractivity contribution in [2.75, 3.05) is 36.8 Å². The lowest BCUT2D eigenvalue weighted by Gasteiger charge is -2.30. The Labute approximate surface area is 439 Å². The van der Waals surface area contributed by atoms with Crippen molar-refractivity contribution in [3.8, 4) is 21.1 Å². The van der Waals surface area contributed by atoms with Crippen molar-refractivity contribution in [3.63, 3.8) is 0 Å². The number of ether oxygens (including phenoxy) is 2. The van der Waals surface area contributed by atoms with E-state index in [1.165, 1.54) is 21.8 Å². The molecule has 2 aliphatic rings. The Hall–Kier alpha value is -5.50. The van der Waals surface area contributed by atoms with Crippen LogP contribution in [0.3, 0.4) is 0 Å². The number of carbonyl (C=O) groups excluding carboxylic acids is 4. The number of nitrogens with one attached hydrogen (secondary N) is 4. The first-order chi connectivity index (χ1) is 34.1. The summed E-state index contributed by atoms with van der Waals surface area (Å²) >= 11 is 6.40. The van der Waals surface area contributed by atoms with Gasteiger partial charge in [-0.15, -0.1) is 45.3 Å². The lowest BCUT2D eigenvalue weighted by Crippen LogP contribution is -2.42. The van der Waals surface area contributed by atoms with Gasteiger partial charge in [-0.2, -0.15) is 0 Å². The molecule has 0 saturated carbocycles. The topological polar surface area (TPSA) is 167 Å². The smallest absolute Gasteiger partial charge is 0.410 e. The first-order valence-electron chi connectivity index (χ1n) is 24.5. The molecule has 0 unspecified atom stereocenters. The third-order valence-corrected chi connectivity index (χ3v) is 16.0. The van der Waals surface area contributed by atoms with Gasteiger partial charge in [0.15, 0.2) is 0 Å². The Balaban J connectivity index is 0.000000227. The molecular formula is C54H68N8O6S4. The third kappa shape index (κ3) is 13.8. The van der Waals surface area contributed by atoms with E-state index in [9.17, 15) is 19.2 Å². The van der Waals surface area contributed by atoms with Crippen LogP contribution in [0.15, 0.2) is 49.6 Å². The number of fused-ring (bicyclic) bond motifs is 4. The number of carbonyl (C=O) groups is 4. The zero-order chi connectivity index (χ0) is 52.1. The average molecular weight is 1050 g/mol. The second-order valence-electron chi connectivity index (χ2n) is 20.4. The molecule has 0 bridgehead atoms. The van der Waals surface area contributed by atoms with E-state index in [1.807, 2.05) is 79.7 Å². The molecule has 0 fully saturated rings. The maximum Gasteiger partial charge on any atom is 0.410 e. The molecule has 0 spiro atoms. The van der Waals surface area contributed by atoms with E-state index < -0.39 is 17.3 Å². The molecular weight excluding hydrogens is 985 g/mol. The van der Waals surface area contributed by atoms with Crippen molar-refractivity contribution in [1.29, 1.82) is 0 Å². The Kier molecular flexibility index (Phi) is 17.5. The maximum atomic E-state index is 13.3. The van der Waals surface area contributed by atoms with Gasteiger partial charge < -0.3 is 40.5 Å². The van der Waals surface area contributed by atoms with Gasteiger partial charge in [0.1, 0.15) is 31.2 Å². The normalized spacial score (nSPS) is 13.6. The molecule has 0 atom stereocenters. The van der Waals surface area contributed by atoms with Crippen LogP contribution in [0.2, 0.25) is 0 Å². The van der Waals surface area contributed by atoms with Gasteiger partial charge in [-0.1, -0.05) is 51.3 Å². The first-order valence-corrected chi connectivity index (χ1v) is 27.7. The number of benzene rings is 2. The number of hydrogen-bond donors (Lipinski definition) is 4.